The number of anilines is 1. The van der Waals surface area contributed by atoms with Gasteiger partial charge in [-0.25, -0.2) is 0 Å². The molecule has 0 unspecified atom stereocenters. The number of hydrogen-bond donors (Lipinski definition) is 1. The number of nitrogens with zero attached hydrogens (tertiary/aromatic N) is 4. The molecule has 0 bridgehead atoms. The SMILES string of the molecule is c1ccc(Cc2noc(CSc3nnc(NCc4ccco4)s3)n2)cc1. The van der Waals surface area contributed by atoms with Crippen LogP contribution in [0.5, 0.6) is 0 Å². The highest BCUT2D eigenvalue weighted by molar-refractivity contribution is 8.00. The topological polar surface area (TPSA) is 89.9 Å². The molecule has 7 nitrogen and oxygen atoms in total. The van der Waals surface area contributed by atoms with Gasteiger partial charge in [0.2, 0.25) is 11.0 Å². The first-order chi connectivity index (χ1) is 12.8. The zero-order chi connectivity index (χ0) is 17.6. The summed E-state index contributed by atoms with van der Waals surface area (Å²) >= 11 is 3.00. The number of thioether (sulfide) groups is 1. The van der Waals surface area contributed by atoms with Gasteiger partial charge in [0.1, 0.15) is 5.76 Å². The van der Waals surface area contributed by atoms with Crippen molar-refractivity contribution in [3.8, 4) is 0 Å². The molecule has 0 aliphatic carbocycles. The monoisotopic (exact) mass is 385 g/mol. The highest BCUT2D eigenvalue weighted by Gasteiger charge is 2.10. The molecule has 3 heterocycles. The molecule has 0 radical (unpaired) electrons. The maximum Gasteiger partial charge on any atom is 0.237 e. The van der Waals surface area contributed by atoms with E-state index in [9.17, 15) is 0 Å². The molecule has 132 valence electrons. The van der Waals surface area contributed by atoms with Crippen molar-refractivity contribution in [2.24, 2.45) is 0 Å². The molecule has 0 fully saturated rings. The largest absolute Gasteiger partial charge is 0.467 e. The van der Waals surface area contributed by atoms with Gasteiger partial charge in [-0.2, -0.15) is 4.98 Å². The van der Waals surface area contributed by atoms with Gasteiger partial charge in [-0.05, 0) is 17.7 Å². The van der Waals surface area contributed by atoms with Crippen molar-refractivity contribution < 1.29 is 8.94 Å². The van der Waals surface area contributed by atoms with Crippen LogP contribution < -0.4 is 5.32 Å². The normalized spacial score (nSPS) is 10.9. The summed E-state index contributed by atoms with van der Waals surface area (Å²) in [6.07, 6.45) is 2.31. The Bertz CT molecular complexity index is 937. The van der Waals surface area contributed by atoms with Crippen LogP contribution in [0.15, 0.2) is 62.0 Å². The maximum atomic E-state index is 5.31. The predicted molar refractivity (Wildman–Crippen MR) is 99.1 cm³/mol. The summed E-state index contributed by atoms with van der Waals surface area (Å²) in [6, 6.07) is 13.8. The molecule has 0 atom stereocenters. The van der Waals surface area contributed by atoms with Crippen LogP contribution in [0.3, 0.4) is 0 Å². The minimum Gasteiger partial charge on any atom is -0.467 e. The van der Waals surface area contributed by atoms with Gasteiger partial charge in [-0.3, -0.25) is 0 Å². The molecule has 4 aromatic rings. The Morgan fingerprint density at radius 1 is 1.08 bits per heavy atom. The molecule has 0 amide bonds. The van der Waals surface area contributed by atoms with E-state index in [0.717, 1.165) is 20.8 Å². The van der Waals surface area contributed by atoms with Crippen LogP contribution in [0, 0.1) is 0 Å². The molecule has 1 N–H and O–H groups in total. The van der Waals surface area contributed by atoms with Crippen LogP contribution in [-0.4, -0.2) is 20.3 Å². The predicted octanol–water partition coefficient (Wildman–Crippen LogP) is 4.01. The van der Waals surface area contributed by atoms with E-state index in [0.29, 0.717) is 30.4 Å². The summed E-state index contributed by atoms with van der Waals surface area (Å²) in [5.41, 5.74) is 1.16. The van der Waals surface area contributed by atoms with Gasteiger partial charge in [-0.1, -0.05) is 58.6 Å². The van der Waals surface area contributed by atoms with E-state index < -0.39 is 0 Å². The van der Waals surface area contributed by atoms with Crippen molar-refractivity contribution in [3.63, 3.8) is 0 Å². The fourth-order valence-electron chi connectivity index (χ4n) is 2.24. The summed E-state index contributed by atoms with van der Waals surface area (Å²) in [4.78, 5) is 4.43. The fourth-order valence-corrected chi connectivity index (χ4v) is 3.82. The van der Waals surface area contributed by atoms with E-state index in [2.05, 4.69) is 25.7 Å². The van der Waals surface area contributed by atoms with Crippen LogP contribution in [0.25, 0.3) is 0 Å². The second kappa shape index (κ2) is 8.15. The van der Waals surface area contributed by atoms with E-state index in [1.54, 1.807) is 6.26 Å². The minimum absolute atomic E-state index is 0.564. The molecule has 3 aromatic heterocycles. The third-order valence-corrected chi connectivity index (χ3v) is 5.43. The molecule has 0 aliphatic heterocycles. The molecule has 26 heavy (non-hydrogen) atoms. The molecule has 0 spiro atoms. The molecular weight excluding hydrogens is 370 g/mol. The van der Waals surface area contributed by atoms with Crippen LogP contribution in [-0.2, 0) is 18.7 Å². The van der Waals surface area contributed by atoms with E-state index in [-0.39, 0.29) is 0 Å². The van der Waals surface area contributed by atoms with Gasteiger partial charge in [0.15, 0.2) is 10.2 Å². The molecule has 0 saturated carbocycles. The van der Waals surface area contributed by atoms with Crippen molar-refractivity contribution in [1.29, 1.82) is 0 Å². The number of hydrogen-bond acceptors (Lipinski definition) is 9. The summed E-state index contributed by atoms with van der Waals surface area (Å²) in [5, 5.41) is 16.2. The van der Waals surface area contributed by atoms with E-state index in [4.69, 9.17) is 8.94 Å². The third kappa shape index (κ3) is 4.50. The van der Waals surface area contributed by atoms with Crippen LogP contribution in [0.2, 0.25) is 0 Å². The molecule has 1 aromatic carbocycles. The summed E-state index contributed by atoms with van der Waals surface area (Å²) in [5.74, 6) is 2.69. The molecule has 9 heteroatoms. The first kappa shape index (κ1) is 16.8. The quantitative estimate of drug-likeness (QED) is 0.455. The first-order valence-electron chi connectivity index (χ1n) is 7.93. The van der Waals surface area contributed by atoms with E-state index in [1.807, 2.05) is 42.5 Å². The Morgan fingerprint density at radius 3 is 2.85 bits per heavy atom. The van der Waals surface area contributed by atoms with Crippen LogP contribution in [0.4, 0.5) is 5.13 Å². The average Bonchev–Trinajstić information content (AvgIpc) is 3.41. The lowest BCUT2D eigenvalue weighted by atomic mass is 10.1. The summed E-state index contributed by atoms with van der Waals surface area (Å²) < 4.78 is 11.4. The standard InChI is InChI=1S/C17H15N5O2S2/c1-2-5-12(6-3-1)9-14-19-15(24-22-14)11-25-17-21-20-16(26-17)18-10-13-7-4-8-23-13/h1-8H,9-11H2,(H,18,20). The Kier molecular flexibility index (Phi) is 5.27. The maximum absolute atomic E-state index is 5.31. The van der Waals surface area contributed by atoms with Crippen molar-refractivity contribution in [1.82, 2.24) is 20.3 Å². The number of aromatic nitrogens is 4. The number of benzene rings is 1. The van der Waals surface area contributed by atoms with Gasteiger partial charge in [0, 0.05) is 6.42 Å². The van der Waals surface area contributed by atoms with Crippen molar-refractivity contribution in [2.75, 3.05) is 5.32 Å². The molecule has 4 rings (SSSR count). The van der Waals surface area contributed by atoms with Gasteiger partial charge in [-0.15, -0.1) is 10.2 Å². The van der Waals surface area contributed by atoms with E-state index >= 15 is 0 Å². The van der Waals surface area contributed by atoms with Crippen LogP contribution >= 0.6 is 23.1 Å². The lowest BCUT2D eigenvalue weighted by Gasteiger charge is -1.96. The Balaban J connectivity index is 1.28. The highest BCUT2D eigenvalue weighted by atomic mass is 32.2. The number of nitrogens with one attached hydrogen (secondary N) is 1. The van der Waals surface area contributed by atoms with Crippen molar-refractivity contribution in [2.45, 2.75) is 23.1 Å². The first-order valence-corrected chi connectivity index (χ1v) is 9.73. The Morgan fingerprint density at radius 2 is 2.00 bits per heavy atom. The zero-order valence-electron chi connectivity index (χ0n) is 13.7. The van der Waals surface area contributed by atoms with Crippen LogP contribution in [0.1, 0.15) is 23.0 Å². The molecule has 0 saturated heterocycles. The lowest BCUT2D eigenvalue weighted by molar-refractivity contribution is 0.386. The fraction of sp³-hybridized carbons (Fsp3) is 0.176. The molecular formula is C17H15N5O2S2. The highest BCUT2D eigenvalue weighted by Crippen LogP contribution is 2.28. The van der Waals surface area contributed by atoms with Gasteiger partial charge in [0.05, 0.1) is 18.6 Å². The van der Waals surface area contributed by atoms with Crippen molar-refractivity contribution >= 4 is 28.2 Å². The Hall–Kier alpha value is -2.65. The smallest absolute Gasteiger partial charge is 0.237 e. The number of furan rings is 1. The summed E-state index contributed by atoms with van der Waals surface area (Å²) in [6.45, 7) is 0.582. The van der Waals surface area contributed by atoms with Crippen molar-refractivity contribution in [3.05, 3.63) is 71.8 Å². The zero-order valence-corrected chi connectivity index (χ0v) is 15.3. The third-order valence-electron chi connectivity index (χ3n) is 3.43. The average molecular weight is 385 g/mol. The Labute approximate surface area is 157 Å². The second-order valence-corrected chi connectivity index (χ2v) is 7.56. The second-order valence-electron chi connectivity index (χ2n) is 5.36. The van der Waals surface area contributed by atoms with Gasteiger partial charge < -0.3 is 14.3 Å². The number of rotatable bonds is 8. The van der Waals surface area contributed by atoms with Gasteiger partial charge in [0.25, 0.3) is 0 Å². The van der Waals surface area contributed by atoms with Gasteiger partial charge >= 0.3 is 0 Å². The lowest BCUT2D eigenvalue weighted by Crippen LogP contribution is -1.96. The minimum atomic E-state index is 0.564. The van der Waals surface area contributed by atoms with E-state index in [1.165, 1.54) is 23.1 Å². The molecule has 0 aliphatic rings. The summed E-state index contributed by atoms with van der Waals surface area (Å²) in [7, 11) is 0.